The Morgan fingerprint density at radius 3 is 2.45 bits per heavy atom. The maximum atomic E-state index is 12.8. The van der Waals surface area contributed by atoms with Crippen LogP contribution in [0.4, 0.5) is 18.9 Å². The summed E-state index contributed by atoms with van der Waals surface area (Å²) in [5.41, 5.74) is 5.39. The molecule has 13 heteroatoms. The molecule has 1 aromatic heterocycles. The first-order valence-electron chi connectivity index (χ1n) is 9.88. The van der Waals surface area contributed by atoms with Gasteiger partial charge in [-0.2, -0.15) is 0 Å². The number of carbonyl (C=O) groups excluding carboxylic acids is 1. The van der Waals surface area contributed by atoms with E-state index in [9.17, 15) is 31.5 Å². The van der Waals surface area contributed by atoms with Gasteiger partial charge in [0.1, 0.15) is 5.75 Å². The van der Waals surface area contributed by atoms with E-state index in [0.29, 0.717) is 26.1 Å². The summed E-state index contributed by atoms with van der Waals surface area (Å²) < 4.78 is 71.3. The molecule has 0 aliphatic carbocycles. The highest BCUT2D eigenvalue weighted by atomic mass is 32.2. The predicted octanol–water partition coefficient (Wildman–Crippen LogP) is 1.91. The van der Waals surface area contributed by atoms with Crippen molar-refractivity contribution in [3.05, 3.63) is 42.2 Å². The fourth-order valence-electron chi connectivity index (χ4n) is 3.30. The molecule has 0 saturated carbocycles. The molecule has 1 aliphatic rings. The second kappa shape index (κ2) is 9.93. The van der Waals surface area contributed by atoms with Gasteiger partial charge in [0.2, 0.25) is 9.84 Å². The van der Waals surface area contributed by atoms with Crippen molar-refractivity contribution in [2.45, 2.75) is 35.1 Å². The van der Waals surface area contributed by atoms with Crippen LogP contribution in [0.1, 0.15) is 23.3 Å². The third-order valence-electron chi connectivity index (χ3n) is 5.07. The molecular weight excluding hydrogens is 467 g/mol. The summed E-state index contributed by atoms with van der Waals surface area (Å²) in [6.45, 7) is 1.05. The van der Waals surface area contributed by atoms with Gasteiger partial charge in [-0.15, -0.1) is 13.2 Å². The monoisotopic (exact) mass is 489 g/mol. The molecule has 33 heavy (non-hydrogen) atoms. The average molecular weight is 489 g/mol. The predicted molar refractivity (Wildman–Crippen MR) is 109 cm³/mol. The number of nitrogens with one attached hydrogen (secondary N) is 1. The molecule has 1 aliphatic heterocycles. The number of benzene rings is 1. The molecule has 1 unspecified atom stereocenters. The minimum Gasteiger partial charge on any atom is -0.406 e. The maximum Gasteiger partial charge on any atom is 0.573 e. The number of anilines is 1. The minimum atomic E-state index is -4.91. The number of aliphatic hydroxyl groups is 1. The summed E-state index contributed by atoms with van der Waals surface area (Å²) in [6, 6.07) is 4.66. The molecule has 180 valence electrons. The Hall–Kier alpha value is -2.90. The Labute approximate surface area is 187 Å². The molecular formula is C20H22F3N3O6S. The van der Waals surface area contributed by atoms with Gasteiger partial charge < -0.3 is 25.6 Å². The van der Waals surface area contributed by atoms with E-state index in [-0.39, 0.29) is 33.6 Å². The molecule has 1 atom stereocenters. The number of nitrogens with two attached hydrogens (primary N) is 1. The zero-order chi connectivity index (χ0) is 24.2. The number of ether oxygens (including phenoxy) is 2. The number of hydrogen-bond acceptors (Lipinski definition) is 8. The van der Waals surface area contributed by atoms with Crippen LogP contribution in [-0.2, 0) is 14.6 Å². The summed E-state index contributed by atoms with van der Waals surface area (Å²) in [7, 11) is -4.17. The van der Waals surface area contributed by atoms with Gasteiger partial charge in [-0.05, 0) is 49.1 Å². The third kappa shape index (κ3) is 6.33. The van der Waals surface area contributed by atoms with Crippen molar-refractivity contribution in [2.75, 3.05) is 25.5 Å². The number of carbonyl (C=O) groups is 1. The van der Waals surface area contributed by atoms with E-state index < -0.39 is 34.0 Å². The first-order chi connectivity index (χ1) is 15.5. The Morgan fingerprint density at radius 1 is 1.24 bits per heavy atom. The number of aliphatic hydroxyl groups excluding tert-OH is 1. The topological polar surface area (TPSA) is 141 Å². The second-order valence-electron chi connectivity index (χ2n) is 7.36. The first kappa shape index (κ1) is 24.7. The van der Waals surface area contributed by atoms with Gasteiger partial charge in [-0.25, -0.2) is 13.4 Å². The Balaban J connectivity index is 1.69. The molecule has 4 N–H and O–H groups in total. The standard InChI is InChI=1S/C20H22F3N3O6S/c21-20(22,23)32-13-1-3-14(4-2-13)33(29,30)15-9-16(24)18(25-10-15)19(28)26-11-17(27)12-5-7-31-8-6-12/h1-4,9-10,12,17,27H,5-8,11,24H2,(H,26,28). The van der Waals surface area contributed by atoms with E-state index in [1.165, 1.54) is 0 Å². The molecule has 9 nitrogen and oxygen atoms in total. The normalized spacial score (nSPS) is 16.2. The number of aromatic nitrogens is 1. The number of rotatable bonds is 7. The van der Waals surface area contributed by atoms with Crippen molar-refractivity contribution >= 4 is 21.4 Å². The largest absolute Gasteiger partial charge is 0.573 e. The number of alkyl halides is 3. The van der Waals surface area contributed by atoms with E-state index in [4.69, 9.17) is 10.5 Å². The molecule has 1 fully saturated rings. The number of hydrogen-bond donors (Lipinski definition) is 3. The molecule has 0 radical (unpaired) electrons. The molecule has 2 aromatic rings. The third-order valence-corrected chi connectivity index (χ3v) is 6.80. The summed E-state index contributed by atoms with van der Waals surface area (Å²) in [5, 5.41) is 12.7. The van der Waals surface area contributed by atoms with Crippen LogP contribution in [0.3, 0.4) is 0 Å². The first-order valence-corrected chi connectivity index (χ1v) is 11.4. The van der Waals surface area contributed by atoms with Crippen molar-refractivity contribution in [2.24, 2.45) is 5.92 Å². The number of nitrogen functional groups attached to an aromatic ring is 1. The number of nitrogens with zero attached hydrogens (tertiary/aromatic N) is 1. The van der Waals surface area contributed by atoms with Gasteiger partial charge in [0.15, 0.2) is 5.69 Å². The van der Waals surface area contributed by atoms with Gasteiger partial charge in [-0.3, -0.25) is 4.79 Å². The smallest absolute Gasteiger partial charge is 0.406 e. The van der Waals surface area contributed by atoms with Gasteiger partial charge in [0.25, 0.3) is 5.91 Å². The summed E-state index contributed by atoms with van der Waals surface area (Å²) in [4.78, 5) is 15.6. The van der Waals surface area contributed by atoms with E-state index in [2.05, 4.69) is 15.0 Å². The lowest BCUT2D eigenvalue weighted by Crippen LogP contribution is -2.38. The zero-order valence-corrected chi connectivity index (χ0v) is 18.0. The van der Waals surface area contributed by atoms with Crippen molar-refractivity contribution in [1.82, 2.24) is 10.3 Å². The van der Waals surface area contributed by atoms with Crippen LogP contribution in [0, 0.1) is 5.92 Å². The Bertz CT molecular complexity index is 1090. The average Bonchev–Trinajstić information content (AvgIpc) is 2.77. The van der Waals surface area contributed by atoms with Crippen LogP contribution < -0.4 is 15.8 Å². The minimum absolute atomic E-state index is 0.00945. The molecule has 3 rings (SSSR count). The van der Waals surface area contributed by atoms with Crippen LogP contribution in [0.2, 0.25) is 0 Å². The fraction of sp³-hybridized carbons (Fsp3) is 0.400. The van der Waals surface area contributed by atoms with Crippen LogP contribution in [-0.4, -0.2) is 56.6 Å². The highest BCUT2D eigenvalue weighted by Gasteiger charge is 2.31. The van der Waals surface area contributed by atoms with Gasteiger partial charge in [-0.1, -0.05) is 0 Å². The van der Waals surface area contributed by atoms with Crippen LogP contribution in [0.25, 0.3) is 0 Å². The molecule has 2 heterocycles. The molecule has 1 aromatic carbocycles. The SMILES string of the molecule is Nc1cc(S(=O)(=O)c2ccc(OC(F)(F)F)cc2)cnc1C(=O)NCC(O)C1CCOCC1. The highest BCUT2D eigenvalue weighted by molar-refractivity contribution is 7.91. The molecule has 0 spiro atoms. The summed E-state index contributed by atoms with van der Waals surface area (Å²) >= 11 is 0. The van der Waals surface area contributed by atoms with E-state index in [1.807, 2.05) is 0 Å². The maximum absolute atomic E-state index is 12.8. The van der Waals surface area contributed by atoms with Gasteiger partial charge >= 0.3 is 6.36 Å². The lowest BCUT2D eigenvalue weighted by atomic mass is 9.94. The van der Waals surface area contributed by atoms with Gasteiger partial charge in [0.05, 0.1) is 21.6 Å². The van der Waals surface area contributed by atoms with Crippen LogP contribution in [0.5, 0.6) is 5.75 Å². The number of pyridine rings is 1. The van der Waals surface area contributed by atoms with Crippen molar-refractivity contribution < 1.29 is 41.0 Å². The van der Waals surface area contributed by atoms with E-state index in [1.54, 1.807) is 0 Å². The lowest BCUT2D eigenvalue weighted by molar-refractivity contribution is -0.274. The number of amides is 1. The van der Waals surface area contributed by atoms with E-state index in [0.717, 1.165) is 36.5 Å². The fourth-order valence-corrected chi connectivity index (χ4v) is 4.54. The lowest BCUT2D eigenvalue weighted by Gasteiger charge is -2.26. The Kier molecular flexibility index (Phi) is 7.44. The van der Waals surface area contributed by atoms with Gasteiger partial charge in [0, 0.05) is 26.0 Å². The highest BCUT2D eigenvalue weighted by Crippen LogP contribution is 2.27. The van der Waals surface area contributed by atoms with Crippen molar-refractivity contribution in [3.8, 4) is 5.75 Å². The summed E-state index contributed by atoms with van der Waals surface area (Å²) in [6.07, 6.45) is -3.41. The number of halogens is 3. The van der Waals surface area contributed by atoms with E-state index >= 15 is 0 Å². The van der Waals surface area contributed by atoms with Crippen LogP contribution in [0.15, 0.2) is 46.3 Å². The Morgan fingerprint density at radius 2 is 1.88 bits per heavy atom. The van der Waals surface area contributed by atoms with Crippen molar-refractivity contribution in [1.29, 1.82) is 0 Å². The molecule has 1 amide bonds. The number of sulfone groups is 1. The quantitative estimate of drug-likeness (QED) is 0.536. The summed E-state index contributed by atoms with van der Waals surface area (Å²) in [5.74, 6) is -1.27. The molecule has 0 bridgehead atoms. The molecule has 1 saturated heterocycles. The van der Waals surface area contributed by atoms with Crippen molar-refractivity contribution in [3.63, 3.8) is 0 Å². The van der Waals surface area contributed by atoms with Crippen LogP contribution >= 0.6 is 0 Å². The zero-order valence-electron chi connectivity index (χ0n) is 17.2. The second-order valence-corrected chi connectivity index (χ2v) is 9.31.